The van der Waals surface area contributed by atoms with Crippen LogP contribution in [0.1, 0.15) is 47.6 Å². The molecule has 1 nitrogen and oxygen atoms in total. The molecule has 0 bridgehead atoms. The molecule has 0 aliphatic carbocycles. The molecule has 0 heterocycles. The number of aryl methyl sites for hydroxylation is 2. The molecule has 0 amide bonds. The van der Waals surface area contributed by atoms with Crippen LogP contribution in [0.3, 0.4) is 0 Å². The largest absolute Gasteiger partial charge is 0.317 e. The summed E-state index contributed by atoms with van der Waals surface area (Å²) in [4.78, 5) is 0. The predicted octanol–water partition coefficient (Wildman–Crippen LogP) is 3.85. The Morgan fingerprint density at radius 2 is 1.53 bits per heavy atom. The van der Waals surface area contributed by atoms with Crippen LogP contribution in [0, 0.1) is 27.7 Å². The number of rotatable bonds is 6. The molecule has 1 aromatic rings. The fraction of sp³-hybridized carbons (Fsp3) is 0.625. The first-order valence-electron chi connectivity index (χ1n) is 6.85. The second kappa shape index (κ2) is 6.80. The highest BCUT2D eigenvalue weighted by Gasteiger charge is 2.07. The lowest BCUT2D eigenvalue weighted by Gasteiger charge is -2.15. The van der Waals surface area contributed by atoms with Crippen molar-refractivity contribution in [3.8, 4) is 0 Å². The van der Waals surface area contributed by atoms with Gasteiger partial charge in [0, 0.05) is 0 Å². The Kier molecular flexibility index (Phi) is 5.70. The van der Waals surface area contributed by atoms with Gasteiger partial charge in [0.05, 0.1) is 0 Å². The molecule has 0 aromatic heterocycles. The Morgan fingerprint density at radius 3 is 2.06 bits per heavy atom. The topological polar surface area (TPSA) is 12.0 Å². The van der Waals surface area contributed by atoms with E-state index in [2.05, 4.69) is 46.0 Å². The van der Waals surface area contributed by atoms with E-state index in [4.69, 9.17) is 0 Å². The third-order valence-corrected chi connectivity index (χ3v) is 3.80. The van der Waals surface area contributed by atoms with Crippen molar-refractivity contribution in [2.45, 2.75) is 53.9 Å². The minimum absolute atomic E-state index is 1.08. The molecule has 96 valence electrons. The molecule has 0 spiro atoms. The molecule has 0 saturated carbocycles. The molecule has 0 aliphatic rings. The van der Waals surface area contributed by atoms with E-state index in [1.165, 1.54) is 41.5 Å². The zero-order valence-electron chi connectivity index (χ0n) is 12.1. The van der Waals surface area contributed by atoms with E-state index in [1.54, 1.807) is 5.56 Å². The van der Waals surface area contributed by atoms with Crippen molar-refractivity contribution in [2.24, 2.45) is 0 Å². The number of benzene rings is 1. The standard InChI is InChI=1S/C16H27N/c1-6-17-10-8-7-9-16-14(4)12(2)11-13(3)15(16)5/h11,17H,6-10H2,1-5H3. The van der Waals surface area contributed by atoms with Crippen molar-refractivity contribution < 1.29 is 0 Å². The highest BCUT2D eigenvalue weighted by molar-refractivity contribution is 5.43. The summed E-state index contributed by atoms with van der Waals surface area (Å²) < 4.78 is 0. The van der Waals surface area contributed by atoms with Crippen molar-refractivity contribution in [2.75, 3.05) is 13.1 Å². The van der Waals surface area contributed by atoms with Gasteiger partial charge in [0.15, 0.2) is 0 Å². The fourth-order valence-electron chi connectivity index (χ4n) is 2.40. The Labute approximate surface area is 107 Å². The summed E-state index contributed by atoms with van der Waals surface area (Å²) in [5, 5.41) is 3.39. The number of hydrogen-bond donors (Lipinski definition) is 1. The van der Waals surface area contributed by atoms with Crippen LogP contribution < -0.4 is 5.32 Å². The number of nitrogens with one attached hydrogen (secondary N) is 1. The molecule has 0 aliphatic heterocycles. The quantitative estimate of drug-likeness (QED) is 0.736. The van der Waals surface area contributed by atoms with Gasteiger partial charge in [0.1, 0.15) is 0 Å². The molecule has 0 saturated heterocycles. The van der Waals surface area contributed by atoms with Gasteiger partial charge in [0.25, 0.3) is 0 Å². The van der Waals surface area contributed by atoms with Gasteiger partial charge in [-0.25, -0.2) is 0 Å². The van der Waals surface area contributed by atoms with Crippen LogP contribution in [0.5, 0.6) is 0 Å². The second-order valence-corrected chi connectivity index (χ2v) is 5.05. The Bertz CT molecular complexity index is 340. The third kappa shape index (κ3) is 3.85. The van der Waals surface area contributed by atoms with E-state index in [0.29, 0.717) is 0 Å². The molecule has 1 aromatic carbocycles. The fourth-order valence-corrected chi connectivity index (χ4v) is 2.40. The molecule has 0 radical (unpaired) electrons. The minimum atomic E-state index is 1.08. The summed E-state index contributed by atoms with van der Waals surface area (Å²) >= 11 is 0. The van der Waals surface area contributed by atoms with E-state index >= 15 is 0 Å². The number of unbranched alkanes of at least 4 members (excludes halogenated alkanes) is 1. The van der Waals surface area contributed by atoms with Gasteiger partial charge in [-0.15, -0.1) is 0 Å². The average Bonchev–Trinajstić information content (AvgIpc) is 2.30. The highest BCUT2D eigenvalue weighted by Crippen LogP contribution is 2.23. The van der Waals surface area contributed by atoms with Crippen molar-refractivity contribution in [1.82, 2.24) is 5.32 Å². The normalized spacial score (nSPS) is 10.9. The van der Waals surface area contributed by atoms with Crippen molar-refractivity contribution in [3.63, 3.8) is 0 Å². The van der Waals surface area contributed by atoms with Gasteiger partial charge in [-0.1, -0.05) is 13.0 Å². The van der Waals surface area contributed by atoms with Crippen LogP contribution in [-0.2, 0) is 6.42 Å². The third-order valence-electron chi connectivity index (χ3n) is 3.80. The van der Waals surface area contributed by atoms with Gasteiger partial charge in [-0.05, 0) is 87.9 Å². The van der Waals surface area contributed by atoms with E-state index in [1.807, 2.05) is 0 Å². The van der Waals surface area contributed by atoms with Gasteiger partial charge >= 0.3 is 0 Å². The summed E-state index contributed by atoms with van der Waals surface area (Å²) in [6, 6.07) is 2.31. The monoisotopic (exact) mass is 233 g/mol. The minimum Gasteiger partial charge on any atom is -0.317 e. The van der Waals surface area contributed by atoms with E-state index in [-0.39, 0.29) is 0 Å². The molecule has 0 unspecified atom stereocenters. The van der Waals surface area contributed by atoms with Crippen LogP contribution in [0.25, 0.3) is 0 Å². The SMILES string of the molecule is CCNCCCCc1c(C)c(C)cc(C)c1C. The molecule has 0 fully saturated rings. The molecular weight excluding hydrogens is 206 g/mol. The first-order valence-corrected chi connectivity index (χ1v) is 6.85. The maximum atomic E-state index is 3.39. The maximum Gasteiger partial charge on any atom is -0.00489 e. The maximum absolute atomic E-state index is 3.39. The summed E-state index contributed by atoms with van der Waals surface area (Å²) in [5.74, 6) is 0. The van der Waals surface area contributed by atoms with Crippen LogP contribution in [0.4, 0.5) is 0 Å². The zero-order chi connectivity index (χ0) is 12.8. The summed E-state index contributed by atoms with van der Waals surface area (Å²) in [7, 11) is 0. The average molecular weight is 233 g/mol. The molecule has 1 rings (SSSR count). The van der Waals surface area contributed by atoms with Crippen LogP contribution in [0.15, 0.2) is 6.07 Å². The number of hydrogen-bond acceptors (Lipinski definition) is 1. The first kappa shape index (κ1) is 14.2. The molecule has 17 heavy (non-hydrogen) atoms. The smallest absolute Gasteiger partial charge is 0.00489 e. The summed E-state index contributed by atoms with van der Waals surface area (Å²) in [6.45, 7) is 13.4. The lowest BCUT2D eigenvalue weighted by Crippen LogP contribution is -2.14. The predicted molar refractivity (Wildman–Crippen MR) is 76.9 cm³/mol. The molecule has 1 heteroatoms. The Morgan fingerprint density at radius 1 is 0.941 bits per heavy atom. The lowest BCUT2D eigenvalue weighted by molar-refractivity contribution is 0.639. The summed E-state index contributed by atoms with van der Waals surface area (Å²) in [6.07, 6.45) is 3.79. The van der Waals surface area contributed by atoms with Crippen molar-refractivity contribution in [3.05, 3.63) is 33.9 Å². The van der Waals surface area contributed by atoms with E-state index in [9.17, 15) is 0 Å². The highest BCUT2D eigenvalue weighted by atomic mass is 14.8. The van der Waals surface area contributed by atoms with Crippen LogP contribution in [-0.4, -0.2) is 13.1 Å². The van der Waals surface area contributed by atoms with Crippen LogP contribution >= 0.6 is 0 Å². The Balaban J connectivity index is 2.64. The molecule has 1 N–H and O–H groups in total. The van der Waals surface area contributed by atoms with E-state index < -0.39 is 0 Å². The van der Waals surface area contributed by atoms with Gasteiger partial charge in [-0.3, -0.25) is 0 Å². The van der Waals surface area contributed by atoms with Crippen molar-refractivity contribution in [1.29, 1.82) is 0 Å². The summed E-state index contributed by atoms with van der Waals surface area (Å²) in [5.41, 5.74) is 7.46. The van der Waals surface area contributed by atoms with Gasteiger partial charge < -0.3 is 5.32 Å². The van der Waals surface area contributed by atoms with Crippen molar-refractivity contribution >= 4 is 0 Å². The Hall–Kier alpha value is -0.820. The first-order chi connectivity index (χ1) is 8.07. The van der Waals surface area contributed by atoms with E-state index in [0.717, 1.165) is 13.1 Å². The lowest BCUT2D eigenvalue weighted by atomic mass is 9.91. The second-order valence-electron chi connectivity index (χ2n) is 5.05. The van der Waals surface area contributed by atoms with Gasteiger partial charge in [0.2, 0.25) is 0 Å². The molecule has 0 atom stereocenters. The zero-order valence-corrected chi connectivity index (χ0v) is 12.1. The molecular formula is C16H27N. The van der Waals surface area contributed by atoms with Crippen LogP contribution in [0.2, 0.25) is 0 Å². The van der Waals surface area contributed by atoms with Gasteiger partial charge in [-0.2, -0.15) is 0 Å².